The van der Waals surface area contributed by atoms with Gasteiger partial charge in [0.1, 0.15) is 11.6 Å². The van der Waals surface area contributed by atoms with Crippen LogP contribution in [0, 0.1) is 6.92 Å². The van der Waals surface area contributed by atoms with E-state index in [0.29, 0.717) is 11.8 Å². The van der Waals surface area contributed by atoms with Crippen molar-refractivity contribution in [2.45, 2.75) is 20.3 Å². The van der Waals surface area contributed by atoms with Gasteiger partial charge in [0, 0.05) is 36.6 Å². The van der Waals surface area contributed by atoms with E-state index >= 15 is 0 Å². The Bertz CT molecular complexity index is 956. The summed E-state index contributed by atoms with van der Waals surface area (Å²) in [5, 5.41) is 9.30. The number of amides is 1. The highest BCUT2D eigenvalue weighted by molar-refractivity contribution is 5.88. The van der Waals surface area contributed by atoms with Crippen molar-refractivity contribution in [1.82, 2.24) is 9.97 Å². The third-order valence-electron chi connectivity index (χ3n) is 4.19. The molecule has 0 atom stereocenters. The standard InChI is InChI=1S/C22H25N5O2/c1-15-14-21(26-19-8-6-18(7-9-19)25-16(2)28)27-22(24-15)23-13-12-17-4-10-20(29-3)11-5-17/h4-11,14H,12-13H2,1-3H3,(H,25,28)(H2,23,24,26,27). The van der Waals surface area contributed by atoms with Crippen molar-refractivity contribution in [2.24, 2.45) is 0 Å². The first-order valence-electron chi connectivity index (χ1n) is 9.39. The van der Waals surface area contributed by atoms with Gasteiger partial charge >= 0.3 is 0 Å². The maximum atomic E-state index is 11.1. The van der Waals surface area contributed by atoms with E-state index in [1.54, 1.807) is 7.11 Å². The maximum absolute atomic E-state index is 11.1. The summed E-state index contributed by atoms with van der Waals surface area (Å²) in [4.78, 5) is 20.1. The van der Waals surface area contributed by atoms with Gasteiger partial charge in [-0.3, -0.25) is 4.79 Å². The molecule has 0 aliphatic carbocycles. The quantitative estimate of drug-likeness (QED) is 0.535. The number of anilines is 4. The topological polar surface area (TPSA) is 88.2 Å². The molecule has 2 aromatic carbocycles. The molecule has 0 aliphatic rings. The predicted octanol–water partition coefficient (Wildman–Crippen LogP) is 4.15. The van der Waals surface area contributed by atoms with E-state index in [0.717, 1.165) is 35.8 Å². The minimum Gasteiger partial charge on any atom is -0.497 e. The summed E-state index contributed by atoms with van der Waals surface area (Å²) >= 11 is 0. The fraction of sp³-hybridized carbons (Fsp3) is 0.227. The van der Waals surface area contributed by atoms with Crippen LogP contribution in [0.5, 0.6) is 5.75 Å². The predicted molar refractivity (Wildman–Crippen MR) is 116 cm³/mol. The van der Waals surface area contributed by atoms with E-state index < -0.39 is 0 Å². The van der Waals surface area contributed by atoms with Crippen LogP contribution in [0.2, 0.25) is 0 Å². The van der Waals surface area contributed by atoms with Crippen molar-refractivity contribution >= 4 is 29.0 Å². The molecule has 3 rings (SSSR count). The monoisotopic (exact) mass is 391 g/mol. The highest BCUT2D eigenvalue weighted by atomic mass is 16.5. The molecule has 0 fully saturated rings. The highest BCUT2D eigenvalue weighted by Gasteiger charge is 2.04. The van der Waals surface area contributed by atoms with Crippen LogP contribution < -0.4 is 20.7 Å². The fourth-order valence-electron chi connectivity index (χ4n) is 2.81. The number of benzene rings is 2. The van der Waals surface area contributed by atoms with Crippen LogP contribution >= 0.6 is 0 Å². The van der Waals surface area contributed by atoms with Crippen LogP contribution in [0.4, 0.5) is 23.1 Å². The van der Waals surface area contributed by atoms with E-state index in [1.807, 2.05) is 49.4 Å². The number of aromatic nitrogens is 2. The first kappa shape index (κ1) is 20.1. The Morgan fingerprint density at radius 1 is 1.00 bits per heavy atom. The number of hydrogen-bond donors (Lipinski definition) is 3. The Labute approximate surface area is 170 Å². The molecular formula is C22H25N5O2. The lowest BCUT2D eigenvalue weighted by Crippen LogP contribution is -2.09. The molecule has 7 heteroatoms. The Hall–Kier alpha value is -3.61. The minimum atomic E-state index is -0.0949. The number of nitrogens with zero attached hydrogens (tertiary/aromatic N) is 2. The first-order chi connectivity index (χ1) is 14.0. The van der Waals surface area contributed by atoms with Gasteiger partial charge in [-0.2, -0.15) is 4.98 Å². The average molecular weight is 391 g/mol. The Morgan fingerprint density at radius 3 is 2.34 bits per heavy atom. The molecule has 0 radical (unpaired) electrons. The molecule has 3 N–H and O–H groups in total. The van der Waals surface area contributed by atoms with E-state index in [2.05, 4.69) is 38.1 Å². The van der Waals surface area contributed by atoms with Crippen LogP contribution in [0.1, 0.15) is 18.2 Å². The molecule has 0 saturated heterocycles. The first-order valence-corrected chi connectivity index (χ1v) is 9.39. The Morgan fingerprint density at radius 2 is 1.69 bits per heavy atom. The number of hydrogen-bond acceptors (Lipinski definition) is 6. The molecule has 0 aliphatic heterocycles. The van der Waals surface area contributed by atoms with Crippen molar-refractivity contribution in [1.29, 1.82) is 0 Å². The van der Waals surface area contributed by atoms with Gasteiger partial charge in [-0.05, 0) is 55.3 Å². The van der Waals surface area contributed by atoms with Gasteiger partial charge in [-0.25, -0.2) is 4.98 Å². The Balaban J connectivity index is 1.59. The van der Waals surface area contributed by atoms with Crippen LogP contribution in [0.15, 0.2) is 54.6 Å². The van der Waals surface area contributed by atoms with Crippen molar-refractivity contribution in [3.63, 3.8) is 0 Å². The molecule has 0 spiro atoms. The molecule has 29 heavy (non-hydrogen) atoms. The second kappa shape index (κ2) is 9.54. The normalized spacial score (nSPS) is 10.3. The van der Waals surface area contributed by atoms with E-state index in [4.69, 9.17) is 4.74 Å². The summed E-state index contributed by atoms with van der Waals surface area (Å²) in [6.45, 7) is 4.14. The maximum Gasteiger partial charge on any atom is 0.224 e. The average Bonchev–Trinajstić information content (AvgIpc) is 2.69. The van der Waals surface area contributed by atoms with Crippen LogP contribution in [-0.2, 0) is 11.2 Å². The number of ether oxygens (including phenoxy) is 1. The third-order valence-corrected chi connectivity index (χ3v) is 4.19. The molecule has 150 valence electrons. The number of carbonyl (C=O) groups is 1. The van der Waals surface area contributed by atoms with Crippen LogP contribution in [-0.4, -0.2) is 29.5 Å². The molecular weight excluding hydrogens is 366 g/mol. The van der Waals surface area contributed by atoms with Crippen molar-refractivity contribution < 1.29 is 9.53 Å². The molecule has 7 nitrogen and oxygen atoms in total. The molecule has 0 saturated carbocycles. The number of aryl methyl sites for hydroxylation is 1. The van der Waals surface area contributed by atoms with Crippen molar-refractivity contribution in [2.75, 3.05) is 29.6 Å². The lowest BCUT2D eigenvalue weighted by Gasteiger charge is -2.11. The zero-order valence-electron chi connectivity index (χ0n) is 16.8. The zero-order chi connectivity index (χ0) is 20.6. The molecule has 0 bridgehead atoms. The van der Waals surface area contributed by atoms with E-state index in [-0.39, 0.29) is 5.91 Å². The zero-order valence-corrected chi connectivity index (χ0v) is 16.8. The van der Waals surface area contributed by atoms with Gasteiger partial charge in [-0.15, -0.1) is 0 Å². The lowest BCUT2D eigenvalue weighted by atomic mass is 10.1. The van der Waals surface area contributed by atoms with Gasteiger partial charge < -0.3 is 20.7 Å². The number of carbonyl (C=O) groups excluding carboxylic acids is 1. The van der Waals surface area contributed by atoms with Crippen LogP contribution in [0.25, 0.3) is 0 Å². The van der Waals surface area contributed by atoms with Gasteiger partial charge in [0.15, 0.2) is 0 Å². The van der Waals surface area contributed by atoms with Gasteiger partial charge in [-0.1, -0.05) is 12.1 Å². The number of methoxy groups -OCH3 is 1. The molecule has 3 aromatic rings. The van der Waals surface area contributed by atoms with Crippen molar-refractivity contribution in [3.05, 3.63) is 65.9 Å². The molecule has 1 heterocycles. The second-order valence-electron chi connectivity index (χ2n) is 6.63. The second-order valence-corrected chi connectivity index (χ2v) is 6.63. The molecule has 1 aromatic heterocycles. The summed E-state index contributed by atoms with van der Waals surface area (Å²) in [5.74, 6) is 2.04. The van der Waals surface area contributed by atoms with Gasteiger partial charge in [0.25, 0.3) is 0 Å². The van der Waals surface area contributed by atoms with Crippen molar-refractivity contribution in [3.8, 4) is 5.75 Å². The summed E-state index contributed by atoms with van der Waals surface area (Å²) in [5.41, 5.74) is 3.71. The number of rotatable bonds is 8. The Kier molecular flexibility index (Phi) is 6.63. The summed E-state index contributed by atoms with van der Waals surface area (Å²) in [7, 11) is 1.66. The molecule has 0 unspecified atom stereocenters. The van der Waals surface area contributed by atoms with Crippen LogP contribution in [0.3, 0.4) is 0 Å². The number of nitrogens with one attached hydrogen (secondary N) is 3. The van der Waals surface area contributed by atoms with Gasteiger partial charge in [0.2, 0.25) is 11.9 Å². The third kappa shape index (κ3) is 6.21. The SMILES string of the molecule is COc1ccc(CCNc2nc(C)cc(Nc3ccc(NC(C)=O)cc3)n2)cc1. The van der Waals surface area contributed by atoms with E-state index in [9.17, 15) is 4.79 Å². The largest absolute Gasteiger partial charge is 0.497 e. The smallest absolute Gasteiger partial charge is 0.224 e. The summed E-state index contributed by atoms with van der Waals surface area (Å²) in [6.07, 6.45) is 0.856. The van der Waals surface area contributed by atoms with Gasteiger partial charge in [0.05, 0.1) is 7.11 Å². The summed E-state index contributed by atoms with van der Waals surface area (Å²) < 4.78 is 5.18. The summed E-state index contributed by atoms with van der Waals surface area (Å²) in [6, 6.07) is 17.4. The molecule has 1 amide bonds. The minimum absolute atomic E-state index is 0.0949. The highest BCUT2D eigenvalue weighted by Crippen LogP contribution is 2.19. The fourth-order valence-corrected chi connectivity index (χ4v) is 2.81. The van der Waals surface area contributed by atoms with E-state index in [1.165, 1.54) is 12.5 Å². The lowest BCUT2D eigenvalue weighted by molar-refractivity contribution is -0.114.